The molecule has 0 spiro atoms. The normalized spacial score (nSPS) is 16.4. The van der Waals surface area contributed by atoms with E-state index in [9.17, 15) is 14.3 Å². The SMILES string of the molecule is CN1CCC(c2ccc(-c3ccc4c(c3)C(=O)N(C(c3nc5cnccc5[nH]3)c3cc(F)ccc3O)C4)cc2)CC1.Cl. The molecule has 1 fully saturated rings. The van der Waals surface area contributed by atoms with Gasteiger partial charge in [-0.05, 0) is 91.5 Å². The summed E-state index contributed by atoms with van der Waals surface area (Å²) < 4.78 is 14.4. The van der Waals surface area contributed by atoms with Gasteiger partial charge in [0.2, 0.25) is 0 Å². The lowest BCUT2D eigenvalue weighted by Crippen LogP contribution is -2.31. The van der Waals surface area contributed by atoms with Gasteiger partial charge in [-0.3, -0.25) is 9.78 Å². The molecular formula is C33H31ClFN5O2. The smallest absolute Gasteiger partial charge is 0.255 e. The number of aromatic nitrogens is 3. The molecule has 214 valence electrons. The highest BCUT2D eigenvalue weighted by molar-refractivity contribution is 6.00. The van der Waals surface area contributed by atoms with Crippen molar-refractivity contribution in [2.75, 3.05) is 20.1 Å². The minimum absolute atomic E-state index is 0. The van der Waals surface area contributed by atoms with Crippen molar-refractivity contribution in [2.24, 2.45) is 0 Å². The van der Waals surface area contributed by atoms with E-state index < -0.39 is 11.9 Å². The number of halogens is 2. The molecule has 7 nitrogen and oxygen atoms in total. The fourth-order valence-electron chi connectivity index (χ4n) is 6.21. The maximum absolute atomic E-state index is 14.4. The standard InChI is InChI=1S/C33H30FN5O2.ClH/c1-38-14-11-22(12-15-38)20-2-4-21(5-3-20)23-6-7-24-19-39(33(41)26(24)16-23)31(27-17-25(34)8-9-30(27)40)32-36-28-10-13-35-18-29(28)37-32;/h2-10,13,16-18,22,31,40H,11-12,14-15,19H2,1H3,(H,36,37);1H. The quantitative estimate of drug-likeness (QED) is 0.248. The highest BCUT2D eigenvalue weighted by Gasteiger charge is 2.37. The first-order valence-corrected chi connectivity index (χ1v) is 14.0. The van der Waals surface area contributed by atoms with Crippen LogP contribution in [0.4, 0.5) is 4.39 Å². The van der Waals surface area contributed by atoms with Crippen molar-refractivity contribution in [2.45, 2.75) is 31.3 Å². The van der Waals surface area contributed by atoms with E-state index in [1.807, 2.05) is 18.2 Å². The van der Waals surface area contributed by atoms with Crippen molar-refractivity contribution in [3.05, 3.63) is 113 Å². The zero-order valence-corrected chi connectivity index (χ0v) is 23.9. The summed E-state index contributed by atoms with van der Waals surface area (Å²) in [5.41, 5.74) is 6.49. The van der Waals surface area contributed by atoms with Gasteiger partial charge in [0.25, 0.3) is 5.91 Å². The molecular weight excluding hydrogens is 553 g/mol. The van der Waals surface area contributed by atoms with Gasteiger partial charge in [-0.15, -0.1) is 12.4 Å². The molecule has 7 rings (SSSR count). The number of benzene rings is 3. The number of phenolic OH excluding ortho intramolecular Hbond substituents is 1. The zero-order chi connectivity index (χ0) is 28.1. The molecule has 2 aliphatic heterocycles. The van der Waals surface area contributed by atoms with E-state index in [1.165, 1.54) is 36.6 Å². The van der Waals surface area contributed by atoms with Crippen LogP contribution in [0.15, 0.2) is 79.1 Å². The summed E-state index contributed by atoms with van der Waals surface area (Å²) in [6.07, 6.45) is 5.62. The van der Waals surface area contributed by atoms with Gasteiger partial charge in [0, 0.05) is 23.9 Å². The third kappa shape index (κ3) is 5.01. The average Bonchev–Trinajstić information content (AvgIpc) is 3.56. The second-order valence-corrected chi connectivity index (χ2v) is 11.1. The molecule has 2 N–H and O–H groups in total. The number of pyridine rings is 1. The molecule has 0 bridgehead atoms. The Morgan fingerprint density at radius 1 is 1.00 bits per heavy atom. The number of hydrogen-bond donors (Lipinski definition) is 2. The van der Waals surface area contributed by atoms with Gasteiger partial charge in [0.1, 0.15) is 28.9 Å². The molecule has 2 aromatic heterocycles. The van der Waals surface area contributed by atoms with Crippen LogP contribution < -0.4 is 0 Å². The van der Waals surface area contributed by atoms with Gasteiger partial charge in [0.15, 0.2) is 0 Å². The number of fused-ring (bicyclic) bond motifs is 2. The molecule has 3 aromatic carbocycles. The van der Waals surface area contributed by atoms with Crippen LogP contribution in [0.5, 0.6) is 5.75 Å². The van der Waals surface area contributed by atoms with E-state index in [2.05, 4.69) is 51.2 Å². The number of aromatic hydroxyl groups is 1. The molecule has 1 unspecified atom stereocenters. The summed E-state index contributed by atoms with van der Waals surface area (Å²) in [6, 6.07) is 19.4. The highest BCUT2D eigenvalue weighted by Crippen LogP contribution is 2.40. The summed E-state index contributed by atoms with van der Waals surface area (Å²) in [6.45, 7) is 2.55. The van der Waals surface area contributed by atoms with Crippen molar-refractivity contribution in [3.8, 4) is 16.9 Å². The zero-order valence-electron chi connectivity index (χ0n) is 23.1. The first-order chi connectivity index (χ1) is 19.9. The number of nitrogens with one attached hydrogen (secondary N) is 1. The molecule has 1 amide bonds. The number of nitrogens with zero attached hydrogens (tertiary/aromatic N) is 4. The molecule has 0 aliphatic carbocycles. The summed E-state index contributed by atoms with van der Waals surface area (Å²) in [7, 11) is 2.17. The van der Waals surface area contributed by atoms with Crippen LogP contribution in [0.25, 0.3) is 22.2 Å². The molecule has 1 atom stereocenters. The number of imidazole rings is 1. The number of rotatable bonds is 5. The number of likely N-dealkylation sites (tertiary alicyclic amines) is 1. The third-order valence-electron chi connectivity index (χ3n) is 8.53. The van der Waals surface area contributed by atoms with Gasteiger partial charge < -0.3 is 19.9 Å². The Balaban J connectivity index is 0.00000316. The first kappa shape index (κ1) is 27.9. The number of phenols is 1. The average molecular weight is 584 g/mol. The highest BCUT2D eigenvalue weighted by atomic mass is 35.5. The van der Waals surface area contributed by atoms with E-state index in [1.54, 1.807) is 23.4 Å². The number of hydrogen-bond acceptors (Lipinski definition) is 5. The van der Waals surface area contributed by atoms with E-state index in [0.29, 0.717) is 29.4 Å². The lowest BCUT2D eigenvalue weighted by molar-refractivity contribution is 0.0723. The fraction of sp³-hybridized carbons (Fsp3) is 0.242. The Morgan fingerprint density at radius 3 is 2.52 bits per heavy atom. The summed E-state index contributed by atoms with van der Waals surface area (Å²) >= 11 is 0. The first-order valence-electron chi connectivity index (χ1n) is 14.0. The number of carbonyl (C=O) groups is 1. The van der Waals surface area contributed by atoms with Crippen LogP contribution >= 0.6 is 12.4 Å². The fourth-order valence-corrected chi connectivity index (χ4v) is 6.21. The third-order valence-corrected chi connectivity index (χ3v) is 8.53. The van der Waals surface area contributed by atoms with E-state index in [-0.39, 0.29) is 29.6 Å². The van der Waals surface area contributed by atoms with Crippen LogP contribution in [0.2, 0.25) is 0 Å². The predicted octanol–water partition coefficient (Wildman–Crippen LogP) is 6.45. The van der Waals surface area contributed by atoms with Gasteiger partial charge in [-0.25, -0.2) is 9.37 Å². The Kier molecular flexibility index (Phi) is 7.43. The van der Waals surface area contributed by atoms with Gasteiger partial charge in [-0.2, -0.15) is 0 Å². The predicted molar refractivity (Wildman–Crippen MR) is 162 cm³/mol. The van der Waals surface area contributed by atoms with Gasteiger partial charge in [-0.1, -0.05) is 36.4 Å². The molecule has 2 aliphatic rings. The summed E-state index contributed by atoms with van der Waals surface area (Å²) in [5, 5.41) is 10.8. The van der Waals surface area contributed by atoms with Crippen LogP contribution in [-0.4, -0.2) is 55.9 Å². The van der Waals surface area contributed by atoms with Gasteiger partial charge in [0.05, 0.1) is 11.7 Å². The Hall–Kier alpha value is -4.27. The van der Waals surface area contributed by atoms with E-state index in [4.69, 9.17) is 0 Å². The maximum atomic E-state index is 14.4. The van der Waals surface area contributed by atoms with Gasteiger partial charge >= 0.3 is 0 Å². The van der Waals surface area contributed by atoms with Crippen LogP contribution in [-0.2, 0) is 6.54 Å². The molecule has 0 radical (unpaired) electrons. The molecule has 1 saturated heterocycles. The molecule has 9 heteroatoms. The number of piperidine rings is 1. The van der Waals surface area contributed by atoms with Crippen LogP contribution in [0.1, 0.15) is 57.7 Å². The summed E-state index contributed by atoms with van der Waals surface area (Å²) in [5.74, 6) is 0.206. The van der Waals surface area contributed by atoms with Crippen molar-refractivity contribution >= 4 is 29.3 Å². The minimum Gasteiger partial charge on any atom is -0.508 e. The summed E-state index contributed by atoms with van der Waals surface area (Å²) in [4.78, 5) is 30.0. The van der Waals surface area contributed by atoms with Crippen LogP contribution in [0, 0.1) is 5.82 Å². The van der Waals surface area contributed by atoms with E-state index in [0.717, 1.165) is 35.3 Å². The topological polar surface area (TPSA) is 85.4 Å². The largest absolute Gasteiger partial charge is 0.508 e. The minimum atomic E-state index is -0.824. The Bertz CT molecular complexity index is 1730. The maximum Gasteiger partial charge on any atom is 0.255 e. The van der Waals surface area contributed by atoms with E-state index >= 15 is 0 Å². The van der Waals surface area contributed by atoms with Crippen molar-refractivity contribution in [3.63, 3.8) is 0 Å². The Labute approximate surface area is 249 Å². The number of amides is 1. The molecule has 5 aromatic rings. The molecule has 0 saturated carbocycles. The second-order valence-electron chi connectivity index (χ2n) is 11.1. The molecule has 4 heterocycles. The number of aromatic amines is 1. The van der Waals surface area contributed by atoms with Crippen molar-refractivity contribution in [1.82, 2.24) is 24.8 Å². The Morgan fingerprint density at radius 2 is 1.76 bits per heavy atom. The van der Waals surface area contributed by atoms with Crippen molar-refractivity contribution < 1.29 is 14.3 Å². The second kappa shape index (κ2) is 11.2. The monoisotopic (exact) mass is 583 g/mol. The van der Waals surface area contributed by atoms with Crippen LogP contribution in [0.3, 0.4) is 0 Å². The number of H-pyrrole nitrogens is 1. The lowest BCUT2D eigenvalue weighted by atomic mass is 9.88. The molecule has 42 heavy (non-hydrogen) atoms. The number of carbonyl (C=O) groups excluding carboxylic acids is 1. The van der Waals surface area contributed by atoms with Crippen molar-refractivity contribution in [1.29, 1.82) is 0 Å². The lowest BCUT2D eigenvalue weighted by Gasteiger charge is -2.29.